The number of alkyl carbamates (subject to hydrolysis) is 1. The number of hydrogen-bond donors (Lipinski definition) is 3. The van der Waals surface area contributed by atoms with Gasteiger partial charge >= 0.3 is 18.1 Å². The second-order valence-corrected chi connectivity index (χ2v) is 6.62. The van der Waals surface area contributed by atoms with Crippen LogP contribution in [-0.4, -0.2) is 52.8 Å². The SMILES string of the molecule is CC(C)(C)OC(=O)NC1CC(CCC(=O)O)CN(C(N)=O)C1. The van der Waals surface area contributed by atoms with Crippen molar-refractivity contribution >= 4 is 18.1 Å². The Kier molecular flexibility index (Phi) is 6.01. The summed E-state index contributed by atoms with van der Waals surface area (Å²) in [6.45, 7) is 6.00. The Morgan fingerprint density at radius 2 is 1.95 bits per heavy atom. The molecule has 1 fully saturated rings. The number of nitrogens with two attached hydrogens (primary N) is 1. The topological polar surface area (TPSA) is 122 Å². The van der Waals surface area contributed by atoms with E-state index in [1.807, 2.05) is 0 Å². The molecular weight excluding hydrogens is 290 g/mol. The van der Waals surface area contributed by atoms with Crippen molar-refractivity contribution < 1.29 is 24.2 Å². The fourth-order valence-electron chi connectivity index (χ4n) is 2.50. The molecule has 0 radical (unpaired) electrons. The van der Waals surface area contributed by atoms with Gasteiger partial charge in [-0.2, -0.15) is 0 Å². The number of carboxylic acid groups (broad SMARTS) is 1. The summed E-state index contributed by atoms with van der Waals surface area (Å²) in [5.74, 6) is -0.898. The Labute approximate surface area is 130 Å². The zero-order chi connectivity index (χ0) is 16.9. The summed E-state index contributed by atoms with van der Waals surface area (Å²) in [5.41, 5.74) is 4.70. The Bertz CT molecular complexity index is 433. The Morgan fingerprint density at radius 3 is 2.45 bits per heavy atom. The highest BCUT2D eigenvalue weighted by atomic mass is 16.6. The third-order valence-electron chi connectivity index (χ3n) is 3.34. The summed E-state index contributed by atoms with van der Waals surface area (Å²) >= 11 is 0. The maximum atomic E-state index is 11.8. The van der Waals surface area contributed by atoms with Gasteiger partial charge < -0.3 is 25.8 Å². The van der Waals surface area contributed by atoms with E-state index in [0.717, 1.165) is 0 Å². The molecule has 0 aromatic heterocycles. The second-order valence-electron chi connectivity index (χ2n) is 6.62. The smallest absolute Gasteiger partial charge is 0.407 e. The first-order chi connectivity index (χ1) is 10.1. The molecule has 3 amide bonds. The fraction of sp³-hybridized carbons (Fsp3) is 0.786. The van der Waals surface area contributed by atoms with Crippen molar-refractivity contribution in [1.29, 1.82) is 0 Å². The predicted molar refractivity (Wildman–Crippen MR) is 79.3 cm³/mol. The van der Waals surface area contributed by atoms with E-state index in [1.54, 1.807) is 20.8 Å². The van der Waals surface area contributed by atoms with E-state index in [-0.39, 0.29) is 18.4 Å². The highest BCUT2D eigenvalue weighted by Crippen LogP contribution is 2.22. The maximum absolute atomic E-state index is 11.8. The van der Waals surface area contributed by atoms with Gasteiger partial charge in [0.05, 0.1) is 6.04 Å². The van der Waals surface area contributed by atoms with Crippen LogP contribution in [0.5, 0.6) is 0 Å². The number of primary amides is 1. The molecule has 2 unspecified atom stereocenters. The van der Waals surface area contributed by atoms with Crippen molar-refractivity contribution in [3.05, 3.63) is 0 Å². The van der Waals surface area contributed by atoms with E-state index < -0.39 is 23.7 Å². The average Bonchev–Trinajstić information content (AvgIpc) is 2.33. The van der Waals surface area contributed by atoms with Crippen LogP contribution in [-0.2, 0) is 9.53 Å². The highest BCUT2D eigenvalue weighted by Gasteiger charge is 2.31. The van der Waals surface area contributed by atoms with Crippen molar-refractivity contribution in [2.75, 3.05) is 13.1 Å². The van der Waals surface area contributed by atoms with Crippen LogP contribution in [0.2, 0.25) is 0 Å². The van der Waals surface area contributed by atoms with Gasteiger partial charge in [-0.15, -0.1) is 0 Å². The minimum absolute atomic E-state index is 0.0164. The van der Waals surface area contributed by atoms with Gasteiger partial charge in [0, 0.05) is 19.5 Å². The second kappa shape index (κ2) is 7.33. The number of aliphatic carboxylic acids is 1. The summed E-state index contributed by atoms with van der Waals surface area (Å²) in [7, 11) is 0. The number of rotatable bonds is 4. The molecule has 8 heteroatoms. The minimum atomic E-state index is -0.882. The first-order valence-electron chi connectivity index (χ1n) is 7.32. The fourth-order valence-corrected chi connectivity index (χ4v) is 2.50. The minimum Gasteiger partial charge on any atom is -0.481 e. The van der Waals surface area contributed by atoms with E-state index in [4.69, 9.17) is 15.6 Å². The molecule has 1 heterocycles. The number of urea groups is 1. The molecule has 22 heavy (non-hydrogen) atoms. The van der Waals surface area contributed by atoms with Crippen LogP contribution in [0.3, 0.4) is 0 Å². The quantitative estimate of drug-likeness (QED) is 0.718. The molecule has 126 valence electrons. The molecule has 0 aliphatic carbocycles. The zero-order valence-corrected chi connectivity index (χ0v) is 13.3. The number of amides is 3. The molecule has 8 nitrogen and oxygen atoms in total. The molecule has 0 bridgehead atoms. The van der Waals surface area contributed by atoms with Gasteiger partial charge in [-0.25, -0.2) is 9.59 Å². The molecule has 1 aliphatic rings. The van der Waals surface area contributed by atoms with Crippen molar-refractivity contribution in [3.63, 3.8) is 0 Å². The van der Waals surface area contributed by atoms with E-state index in [2.05, 4.69) is 5.32 Å². The van der Waals surface area contributed by atoms with Crippen LogP contribution in [0.4, 0.5) is 9.59 Å². The van der Waals surface area contributed by atoms with Gasteiger partial charge in [0.15, 0.2) is 0 Å². The summed E-state index contributed by atoms with van der Waals surface area (Å²) in [6.07, 6.45) is 0.499. The predicted octanol–water partition coefficient (Wildman–Crippen LogP) is 1.15. The molecule has 0 spiro atoms. The lowest BCUT2D eigenvalue weighted by Gasteiger charge is -2.37. The van der Waals surface area contributed by atoms with E-state index >= 15 is 0 Å². The zero-order valence-electron chi connectivity index (χ0n) is 13.3. The lowest BCUT2D eigenvalue weighted by atomic mass is 9.90. The molecule has 1 aliphatic heterocycles. The molecule has 1 saturated heterocycles. The first-order valence-corrected chi connectivity index (χ1v) is 7.32. The third kappa shape index (κ3) is 6.64. The molecule has 4 N–H and O–H groups in total. The summed E-state index contributed by atoms with van der Waals surface area (Å²) < 4.78 is 5.19. The van der Waals surface area contributed by atoms with Gasteiger partial charge in [0.2, 0.25) is 0 Å². The Hall–Kier alpha value is -1.99. The number of likely N-dealkylation sites (tertiary alicyclic amines) is 1. The number of nitrogens with zero attached hydrogens (tertiary/aromatic N) is 1. The summed E-state index contributed by atoms with van der Waals surface area (Å²) in [4.78, 5) is 35.3. The number of carboxylic acids is 1. The first kappa shape index (κ1) is 18.1. The third-order valence-corrected chi connectivity index (χ3v) is 3.34. The summed E-state index contributed by atoms with van der Waals surface area (Å²) in [6, 6.07) is -0.870. The van der Waals surface area contributed by atoms with Gasteiger partial charge in [-0.3, -0.25) is 4.79 Å². The Balaban J connectivity index is 2.62. The number of hydrogen-bond acceptors (Lipinski definition) is 4. The van der Waals surface area contributed by atoms with E-state index in [0.29, 0.717) is 25.9 Å². The molecular formula is C14H25N3O5. The molecule has 0 saturated carbocycles. The number of nitrogens with one attached hydrogen (secondary N) is 1. The number of carbonyl (C=O) groups excluding carboxylic acids is 2. The van der Waals surface area contributed by atoms with Crippen molar-refractivity contribution in [2.45, 2.75) is 51.7 Å². The average molecular weight is 315 g/mol. The van der Waals surface area contributed by atoms with Crippen LogP contribution in [0, 0.1) is 5.92 Å². The van der Waals surface area contributed by atoms with Crippen LogP contribution < -0.4 is 11.1 Å². The van der Waals surface area contributed by atoms with Crippen LogP contribution in [0.25, 0.3) is 0 Å². The normalized spacial score (nSPS) is 22.0. The molecule has 0 aromatic rings. The summed E-state index contributed by atoms with van der Waals surface area (Å²) in [5, 5.41) is 11.5. The van der Waals surface area contributed by atoms with Crippen molar-refractivity contribution in [2.24, 2.45) is 11.7 Å². The van der Waals surface area contributed by atoms with Crippen LogP contribution >= 0.6 is 0 Å². The Morgan fingerprint density at radius 1 is 1.32 bits per heavy atom. The van der Waals surface area contributed by atoms with Gasteiger partial charge in [-0.1, -0.05) is 0 Å². The highest BCUT2D eigenvalue weighted by molar-refractivity contribution is 5.72. The van der Waals surface area contributed by atoms with Crippen LogP contribution in [0.15, 0.2) is 0 Å². The molecule has 0 aromatic carbocycles. The maximum Gasteiger partial charge on any atom is 0.407 e. The van der Waals surface area contributed by atoms with Crippen molar-refractivity contribution in [3.8, 4) is 0 Å². The lowest BCUT2D eigenvalue weighted by molar-refractivity contribution is -0.137. The van der Waals surface area contributed by atoms with Gasteiger partial charge in [-0.05, 0) is 39.5 Å². The largest absolute Gasteiger partial charge is 0.481 e. The van der Waals surface area contributed by atoms with Crippen molar-refractivity contribution in [1.82, 2.24) is 10.2 Å². The monoisotopic (exact) mass is 315 g/mol. The lowest BCUT2D eigenvalue weighted by Crippen LogP contribution is -2.54. The van der Waals surface area contributed by atoms with Gasteiger partial charge in [0.25, 0.3) is 0 Å². The van der Waals surface area contributed by atoms with E-state index in [1.165, 1.54) is 4.90 Å². The molecule has 2 atom stereocenters. The number of ether oxygens (including phenoxy) is 1. The standard InChI is InChI=1S/C14H25N3O5/c1-14(2,3)22-13(21)16-10-6-9(4-5-11(18)19)7-17(8-10)12(15)20/h9-10H,4-8H2,1-3H3,(H2,15,20)(H,16,21)(H,18,19). The van der Waals surface area contributed by atoms with E-state index in [9.17, 15) is 14.4 Å². The molecule has 1 rings (SSSR count). The number of carbonyl (C=O) groups is 3. The van der Waals surface area contributed by atoms with Crippen LogP contribution in [0.1, 0.15) is 40.0 Å². The van der Waals surface area contributed by atoms with Gasteiger partial charge in [0.1, 0.15) is 5.60 Å². The number of piperidine rings is 1.